The lowest BCUT2D eigenvalue weighted by atomic mass is 9.77. The molecule has 2 saturated carbocycles. The molecule has 4 rings (SSSR count). The number of aliphatic imine (C=N–C) groups is 1. The molecule has 8 heteroatoms. The fourth-order valence-corrected chi connectivity index (χ4v) is 5.03. The van der Waals surface area contributed by atoms with Crippen molar-refractivity contribution in [3.63, 3.8) is 0 Å². The van der Waals surface area contributed by atoms with Crippen molar-refractivity contribution in [2.45, 2.75) is 56.5 Å². The summed E-state index contributed by atoms with van der Waals surface area (Å²) in [5.41, 5.74) is 6.62. The predicted molar refractivity (Wildman–Crippen MR) is 102 cm³/mol. The summed E-state index contributed by atoms with van der Waals surface area (Å²) in [6.45, 7) is 2.50. The standard InChI is InChI=1S/C20H24FN5O2/c1-13-11-26(16(10-23-13)17(22)27)20-6-2-5-19(12-20,7-8-20)25-18(28)15-4-3-14(21)9-24-15/h3-4,9-10H,2,5-8,11-12H2,1H3,(H2,22,27)(H,25,28). The van der Waals surface area contributed by atoms with E-state index in [1.807, 2.05) is 6.92 Å². The second kappa shape index (κ2) is 6.68. The number of hydrogen-bond acceptors (Lipinski definition) is 5. The molecule has 2 bridgehead atoms. The lowest BCUT2D eigenvalue weighted by molar-refractivity contribution is -0.117. The molecule has 2 fully saturated rings. The van der Waals surface area contributed by atoms with Crippen molar-refractivity contribution in [3.05, 3.63) is 41.7 Å². The number of primary amides is 1. The molecule has 2 unspecified atom stereocenters. The average molecular weight is 385 g/mol. The Labute approximate surface area is 162 Å². The molecule has 2 atom stereocenters. The van der Waals surface area contributed by atoms with E-state index in [2.05, 4.69) is 20.2 Å². The molecular weight excluding hydrogens is 361 g/mol. The van der Waals surface area contributed by atoms with Gasteiger partial charge in [-0.15, -0.1) is 0 Å². The van der Waals surface area contributed by atoms with Crippen LogP contribution in [0.4, 0.5) is 4.39 Å². The maximum Gasteiger partial charge on any atom is 0.270 e. The molecule has 28 heavy (non-hydrogen) atoms. The largest absolute Gasteiger partial charge is 0.364 e. The molecule has 1 aliphatic heterocycles. The Balaban J connectivity index is 1.57. The Bertz CT molecular complexity index is 881. The molecule has 0 saturated heterocycles. The number of fused-ring (bicyclic) bond motifs is 2. The van der Waals surface area contributed by atoms with Crippen molar-refractivity contribution in [2.24, 2.45) is 10.7 Å². The van der Waals surface area contributed by atoms with Crippen molar-refractivity contribution in [1.29, 1.82) is 0 Å². The Morgan fingerprint density at radius 1 is 1.25 bits per heavy atom. The fourth-order valence-electron chi connectivity index (χ4n) is 5.03. The third kappa shape index (κ3) is 3.16. The molecule has 1 aromatic rings. The van der Waals surface area contributed by atoms with Gasteiger partial charge in [-0.25, -0.2) is 9.37 Å². The zero-order chi connectivity index (χ0) is 19.9. The van der Waals surface area contributed by atoms with Gasteiger partial charge in [0, 0.05) is 16.8 Å². The summed E-state index contributed by atoms with van der Waals surface area (Å²) in [5, 5.41) is 3.16. The van der Waals surface area contributed by atoms with E-state index in [0.717, 1.165) is 50.4 Å². The Hall–Kier alpha value is -2.77. The Morgan fingerprint density at radius 3 is 2.79 bits per heavy atom. The Kier molecular flexibility index (Phi) is 4.44. The normalized spacial score (nSPS) is 29.1. The number of nitrogens with one attached hydrogen (secondary N) is 1. The average Bonchev–Trinajstić information content (AvgIpc) is 2.93. The number of halogens is 1. The number of aromatic nitrogens is 1. The minimum absolute atomic E-state index is 0.206. The van der Waals surface area contributed by atoms with E-state index < -0.39 is 11.7 Å². The van der Waals surface area contributed by atoms with Crippen LogP contribution in [0.2, 0.25) is 0 Å². The van der Waals surface area contributed by atoms with Crippen LogP contribution in [0.5, 0.6) is 0 Å². The van der Waals surface area contributed by atoms with Crippen LogP contribution >= 0.6 is 0 Å². The molecule has 148 valence electrons. The smallest absolute Gasteiger partial charge is 0.270 e. The monoisotopic (exact) mass is 385 g/mol. The van der Waals surface area contributed by atoms with E-state index in [1.54, 1.807) is 6.20 Å². The highest BCUT2D eigenvalue weighted by molar-refractivity contribution is 5.95. The van der Waals surface area contributed by atoms with E-state index in [1.165, 1.54) is 12.1 Å². The van der Waals surface area contributed by atoms with Gasteiger partial charge in [-0.1, -0.05) is 0 Å². The molecule has 0 radical (unpaired) electrons. The van der Waals surface area contributed by atoms with E-state index in [4.69, 9.17) is 5.73 Å². The molecule has 7 nitrogen and oxygen atoms in total. The van der Waals surface area contributed by atoms with Crippen molar-refractivity contribution in [1.82, 2.24) is 15.2 Å². The minimum Gasteiger partial charge on any atom is -0.364 e. The first-order valence-corrected chi connectivity index (χ1v) is 9.58. The second-order valence-corrected chi connectivity index (χ2v) is 8.18. The molecule has 0 spiro atoms. The van der Waals surface area contributed by atoms with Crippen LogP contribution in [-0.2, 0) is 4.79 Å². The molecule has 2 aliphatic carbocycles. The highest BCUT2D eigenvalue weighted by Crippen LogP contribution is 2.52. The molecule has 2 amide bonds. The van der Waals surface area contributed by atoms with E-state index in [9.17, 15) is 14.0 Å². The number of nitrogens with zero attached hydrogens (tertiary/aromatic N) is 3. The summed E-state index contributed by atoms with van der Waals surface area (Å²) in [6, 6.07) is 2.63. The van der Waals surface area contributed by atoms with Crippen molar-refractivity contribution < 1.29 is 14.0 Å². The SMILES string of the molecule is CC1=NC=C(C(N)=O)N(C23CCCC(NC(=O)c4ccc(F)cn4)(CC2)C3)C1. The fraction of sp³-hybridized carbons (Fsp3) is 0.500. The quantitative estimate of drug-likeness (QED) is 0.827. The minimum atomic E-state index is -0.478. The van der Waals surface area contributed by atoms with Crippen molar-refractivity contribution in [2.75, 3.05) is 6.54 Å². The lowest BCUT2D eigenvalue weighted by Crippen LogP contribution is -2.57. The first-order chi connectivity index (χ1) is 13.3. The summed E-state index contributed by atoms with van der Waals surface area (Å²) in [6.07, 6.45) is 7.79. The summed E-state index contributed by atoms with van der Waals surface area (Å²) < 4.78 is 13.1. The van der Waals surface area contributed by atoms with Gasteiger partial charge in [-0.2, -0.15) is 0 Å². The summed E-state index contributed by atoms with van der Waals surface area (Å²) in [4.78, 5) is 35.0. The zero-order valence-corrected chi connectivity index (χ0v) is 15.9. The van der Waals surface area contributed by atoms with Crippen molar-refractivity contribution >= 4 is 17.5 Å². The van der Waals surface area contributed by atoms with Gasteiger partial charge in [0.2, 0.25) is 0 Å². The maximum atomic E-state index is 13.1. The molecule has 3 N–H and O–H groups in total. The number of pyridine rings is 1. The molecule has 3 aliphatic rings. The molecule has 2 heterocycles. The first-order valence-electron chi connectivity index (χ1n) is 9.58. The van der Waals surface area contributed by atoms with Gasteiger partial charge in [-0.3, -0.25) is 14.6 Å². The van der Waals surface area contributed by atoms with E-state index >= 15 is 0 Å². The van der Waals surface area contributed by atoms with Crippen LogP contribution in [0, 0.1) is 5.82 Å². The van der Waals surface area contributed by atoms with Crippen LogP contribution in [0.3, 0.4) is 0 Å². The van der Waals surface area contributed by atoms with Gasteiger partial charge in [0.1, 0.15) is 17.2 Å². The van der Waals surface area contributed by atoms with Gasteiger partial charge in [0.15, 0.2) is 0 Å². The second-order valence-electron chi connectivity index (χ2n) is 8.18. The topological polar surface area (TPSA) is 101 Å². The summed E-state index contributed by atoms with van der Waals surface area (Å²) in [7, 11) is 0. The Morgan fingerprint density at radius 2 is 2.07 bits per heavy atom. The maximum absolute atomic E-state index is 13.1. The molecule has 0 aromatic carbocycles. The third-order valence-electron chi connectivity index (χ3n) is 6.28. The number of rotatable bonds is 4. The molecular formula is C20H24FN5O2. The van der Waals surface area contributed by atoms with Gasteiger partial charge >= 0.3 is 0 Å². The predicted octanol–water partition coefficient (Wildman–Crippen LogP) is 1.90. The van der Waals surface area contributed by atoms with Gasteiger partial charge in [0.25, 0.3) is 11.8 Å². The van der Waals surface area contributed by atoms with Gasteiger partial charge in [0.05, 0.1) is 18.9 Å². The third-order valence-corrected chi connectivity index (χ3v) is 6.28. The van der Waals surface area contributed by atoms with Crippen LogP contribution in [0.25, 0.3) is 0 Å². The lowest BCUT2D eigenvalue weighted by Gasteiger charge is -2.48. The highest BCUT2D eigenvalue weighted by atomic mass is 19.1. The van der Waals surface area contributed by atoms with Crippen molar-refractivity contribution in [3.8, 4) is 0 Å². The highest BCUT2D eigenvalue weighted by Gasteiger charge is 2.55. The number of carbonyl (C=O) groups is 2. The zero-order valence-electron chi connectivity index (χ0n) is 15.9. The van der Waals surface area contributed by atoms with Crippen LogP contribution in [-0.4, -0.2) is 45.0 Å². The van der Waals surface area contributed by atoms with E-state index in [0.29, 0.717) is 12.2 Å². The molecule has 1 aromatic heterocycles. The summed E-state index contributed by atoms with van der Waals surface area (Å²) >= 11 is 0. The van der Waals surface area contributed by atoms with E-state index in [-0.39, 0.29) is 22.7 Å². The number of hydrogen-bond donors (Lipinski definition) is 2. The van der Waals surface area contributed by atoms with Gasteiger partial charge in [-0.05, 0) is 57.6 Å². The number of amides is 2. The van der Waals surface area contributed by atoms with Crippen LogP contribution in [0.1, 0.15) is 55.9 Å². The summed E-state index contributed by atoms with van der Waals surface area (Å²) in [5.74, 6) is -1.24. The number of nitrogens with two attached hydrogens (primary N) is 1. The van der Waals surface area contributed by atoms with Gasteiger partial charge < -0.3 is 16.0 Å². The van der Waals surface area contributed by atoms with Crippen LogP contribution < -0.4 is 11.1 Å². The van der Waals surface area contributed by atoms with Crippen LogP contribution in [0.15, 0.2) is 35.2 Å². The number of carbonyl (C=O) groups excluding carboxylic acids is 2. The first kappa shape index (κ1) is 18.6.